The number of aryl methyl sites for hydroxylation is 1. The van der Waals surface area contributed by atoms with Gasteiger partial charge in [-0.1, -0.05) is 58.0 Å². The van der Waals surface area contributed by atoms with Crippen molar-refractivity contribution >= 4 is 49.4 Å². The number of aliphatic hydroxyl groups excluding tert-OH is 1. The fourth-order valence-electron chi connectivity index (χ4n) is 2.74. The van der Waals surface area contributed by atoms with E-state index in [1.165, 1.54) is 17.8 Å². The lowest BCUT2D eigenvalue weighted by molar-refractivity contribution is 0.281. The molecule has 1 atom stereocenters. The number of thioether (sulfide) groups is 1. The van der Waals surface area contributed by atoms with Crippen LogP contribution in [-0.2, 0) is 15.8 Å². The predicted molar refractivity (Wildman–Crippen MR) is 128 cm³/mol. The molecule has 1 heterocycles. The average molecular weight is 523 g/mol. The summed E-state index contributed by atoms with van der Waals surface area (Å²) in [6.07, 6.45) is 0. The summed E-state index contributed by atoms with van der Waals surface area (Å²) in [5.74, 6) is 1.22. The lowest BCUT2D eigenvalue weighted by atomic mass is 10.2. The number of benzene rings is 2. The predicted octanol–water partition coefficient (Wildman–Crippen LogP) is 4.43. The van der Waals surface area contributed by atoms with Crippen molar-refractivity contribution in [2.75, 3.05) is 16.6 Å². The maximum atomic E-state index is 13.0. The third-order valence-corrected chi connectivity index (χ3v) is 7.18. The Kier molecular flexibility index (Phi) is 7.93. The molecule has 3 aromatic rings. The van der Waals surface area contributed by atoms with Crippen molar-refractivity contribution in [1.29, 1.82) is 0 Å². The SMILES string of the molecule is Cc1cc(Br)ccc1S(=O)(=O)Nc1cc(N[C@H](C)CO)nc(SCc2ccccc2)n1. The molecule has 0 saturated carbocycles. The van der Waals surface area contributed by atoms with Gasteiger partial charge in [-0.05, 0) is 43.2 Å². The van der Waals surface area contributed by atoms with Crippen LogP contribution in [0.4, 0.5) is 11.6 Å². The van der Waals surface area contributed by atoms with Crippen LogP contribution in [0.3, 0.4) is 0 Å². The van der Waals surface area contributed by atoms with E-state index in [0.29, 0.717) is 22.3 Å². The normalized spacial score (nSPS) is 12.4. The molecule has 0 radical (unpaired) electrons. The highest BCUT2D eigenvalue weighted by Crippen LogP contribution is 2.26. The van der Waals surface area contributed by atoms with Crippen molar-refractivity contribution in [1.82, 2.24) is 9.97 Å². The van der Waals surface area contributed by atoms with Crippen molar-refractivity contribution in [3.8, 4) is 0 Å². The molecule has 0 fully saturated rings. The first-order chi connectivity index (χ1) is 14.8. The van der Waals surface area contributed by atoms with Gasteiger partial charge in [-0.3, -0.25) is 4.72 Å². The van der Waals surface area contributed by atoms with Crippen LogP contribution < -0.4 is 10.0 Å². The summed E-state index contributed by atoms with van der Waals surface area (Å²) in [7, 11) is -3.84. The van der Waals surface area contributed by atoms with Gasteiger partial charge in [-0.15, -0.1) is 0 Å². The summed E-state index contributed by atoms with van der Waals surface area (Å²) < 4.78 is 29.3. The van der Waals surface area contributed by atoms with Gasteiger partial charge in [0.25, 0.3) is 10.0 Å². The Morgan fingerprint density at radius 1 is 1.10 bits per heavy atom. The maximum Gasteiger partial charge on any atom is 0.263 e. The van der Waals surface area contributed by atoms with Crippen molar-refractivity contribution in [2.24, 2.45) is 0 Å². The molecule has 0 saturated heterocycles. The Hall–Kier alpha value is -2.14. The number of aromatic nitrogens is 2. The van der Waals surface area contributed by atoms with E-state index in [2.05, 4.69) is 35.9 Å². The quantitative estimate of drug-likeness (QED) is 0.282. The summed E-state index contributed by atoms with van der Waals surface area (Å²) in [5.41, 5.74) is 1.72. The van der Waals surface area contributed by atoms with E-state index < -0.39 is 10.0 Å². The maximum absolute atomic E-state index is 13.0. The minimum atomic E-state index is -3.84. The lowest BCUT2D eigenvalue weighted by Crippen LogP contribution is -2.21. The number of halogens is 1. The molecular formula is C21H23BrN4O3S2. The van der Waals surface area contributed by atoms with Crippen molar-refractivity contribution in [2.45, 2.75) is 35.7 Å². The van der Waals surface area contributed by atoms with Crippen LogP contribution in [0.15, 0.2) is 69.1 Å². The molecule has 0 bridgehead atoms. The average Bonchev–Trinajstić information content (AvgIpc) is 2.72. The molecule has 31 heavy (non-hydrogen) atoms. The van der Waals surface area contributed by atoms with Crippen LogP contribution >= 0.6 is 27.7 Å². The summed E-state index contributed by atoms with van der Waals surface area (Å²) in [4.78, 5) is 9.02. The highest BCUT2D eigenvalue weighted by Gasteiger charge is 2.19. The molecule has 164 valence electrons. The number of sulfonamides is 1. The van der Waals surface area contributed by atoms with E-state index in [1.807, 2.05) is 30.3 Å². The molecular weight excluding hydrogens is 500 g/mol. The minimum absolute atomic E-state index is 0.0877. The van der Waals surface area contributed by atoms with Crippen LogP contribution in [-0.4, -0.2) is 36.1 Å². The monoisotopic (exact) mass is 522 g/mol. The molecule has 0 amide bonds. The second-order valence-corrected chi connectivity index (χ2v) is 10.4. The van der Waals surface area contributed by atoms with Gasteiger partial charge in [0.1, 0.15) is 11.6 Å². The molecule has 1 aromatic heterocycles. The van der Waals surface area contributed by atoms with Crippen LogP contribution in [0, 0.1) is 6.92 Å². The summed E-state index contributed by atoms with van der Waals surface area (Å²) >= 11 is 4.75. The Labute approximate surface area is 194 Å². The number of anilines is 2. The zero-order chi connectivity index (χ0) is 22.4. The fourth-order valence-corrected chi connectivity index (χ4v) is 5.25. The van der Waals surface area contributed by atoms with E-state index in [4.69, 9.17) is 0 Å². The molecule has 3 N–H and O–H groups in total. The minimum Gasteiger partial charge on any atom is -0.394 e. The number of hydrogen-bond donors (Lipinski definition) is 3. The molecule has 2 aromatic carbocycles. The molecule has 0 aliphatic rings. The van der Waals surface area contributed by atoms with E-state index >= 15 is 0 Å². The van der Waals surface area contributed by atoms with Gasteiger partial charge in [0.05, 0.1) is 11.5 Å². The molecule has 7 nitrogen and oxygen atoms in total. The summed E-state index contributed by atoms with van der Waals surface area (Å²) in [6, 6.07) is 16.1. The topological polar surface area (TPSA) is 104 Å². The lowest BCUT2D eigenvalue weighted by Gasteiger charge is -2.15. The number of hydrogen-bond acceptors (Lipinski definition) is 7. The van der Waals surface area contributed by atoms with E-state index in [9.17, 15) is 13.5 Å². The van der Waals surface area contributed by atoms with Gasteiger partial charge in [-0.2, -0.15) is 0 Å². The van der Waals surface area contributed by atoms with Crippen molar-refractivity contribution in [3.05, 3.63) is 70.2 Å². The van der Waals surface area contributed by atoms with Crippen molar-refractivity contribution < 1.29 is 13.5 Å². The number of rotatable bonds is 9. The van der Waals surface area contributed by atoms with Crippen LogP contribution in [0.25, 0.3) is 0 Å². The van der Waals surface area contributed by atoms with E-state index in [1.54, 1.807) is 32.0 Å². The third-order valence-electron chi connectivity index (χ3n) is 4.25. The standard InChI is InChI=1S/C21H23BrN4O3S2/c1-14-10-17(22)8-9-18(14)31(28,29)26-20-11-19(23-15(2)12-27)24-21(25-20)30-13-16-6-4-3-5-7-16/h3-11,15,27H,12-13H2,1-2H3,(H2,23,24,25,26)/t15-/m1/s1. The van der Waals surface area contributed by atoms with Gasteiger partial charge >= 0.3 is 0 Å². The fraction of sp³-hybridized carbons (Fsp3) is 0.238. The molecule has 0 spiro atoms. The first kappa shape index (κ1) is 23.5. The Balaban J connectivity index is 1.89. The van der Waals surface area contributed by atoms with Crippen LogP contribution in [0.1, 0.15) is 18.1 Å². The Bertz CT molecular complexity index is 1140. The van der Waals surface area contributed by atoms with Gasteiger partial charge in [0, 0.05) is 22.3 Å². The van der Waals surface area contributed by atoms with Gasteiger partial charge in [-0.25, -0.2) is 18.4 Å². The van der Waals surface area contributed by atoms with Gasteiger partial charge in [0.2, 0.25) is 0 Å². The number of nitrogens with one attached hydrogen (secondary N) is 2. The van der Waals surface area contributed by atoms with E-state index in [0.717, 1.165) is 10.0 Å². The first-order valence-corrected chi connectivity index (χ1v) is 12.7. The van der Waals surface area contributed by atoms with E-state index in [-0.39, 0.29) is 23.4 Å². The smallest absolute Gasteiger partial charge is 0.263 e. The second-order valence-electron chi connectivity index (χ2n) is 6.94. The second kappa shape index (κ2) is 10.4. The zero-order valence-electron chi connectivity index (χ0n) is 17.0. The van der Waals surface area contributed by atoms with Crippen molar-refractivity contribution in [3.63, 3.8) is 0 Å². The first-order valence-electron chi connectivity index (χ1n) is 9.49. The highest BCUT2D eigenvalue weighted by atomic mass is 79.9. The molecule has 0 aliphatic heterocycles. The number of nitrogens with zero attached hydrogens (tertiary/aromatic N) is 2. The Morgan fingerprint density at radius 2 is 1.81 bits per heavy atom. The number of aliphatic hydroxyl groups is 1. The molecule has 0 aliphatic carbocycles. The van der Waals surface area contributed by atoms with Crippen LogP contribution in [0.5, 0.6) is 0 Å². The summed E-state index contributed by atoms with van der Waals surface area (Å²) in [5, 5.41) is 12.8. The largest absolute Gasteiger partial charge is 0.394 e. The van der Waals surface area contributed by atoms with Crippen LogP contribution in [0.2, 0.25) is 0 Å². The third kappa shape index (κ3) is 6.67. The molecule has 0 unspecified atom stereocenters. The van der Waals surface area contributed by atoms with Gasteiger partial charge in [0.15, 0.2) is 5.16 Å². The highest BCUT2D eigenvalue weighted by molar-refractivity contribution is 9.10. The zero-order valence-corrected chi connectivity index (χ0v) is 20.3. The molecule has 3 rings (SSSR count). The molecule has 10 heteroatoms. The Morgan fingerprint density at radius 3 is 2.48 bits per heavy atom. The van der Waals surface area contributed by atoms with Gasteiger partial charge < -0.3 is 10.4 Å². The summed E-state index contributed by atoms with van der Waals surface area (Å²) in [6.45, 7) is 3.44.